The summed E-state index contributed by atoms with van der Waals surface area (Å²) < 4.78 is 15.2. The fourth-order valence-electron chi connectivity index (χ4n) is 1.81. The second-order valence-electron chi connectivity index (χ2n) is 4.73. The van der Waals surface area contributed by atoms with Crippen molar-refractivity contribution in [2.24, 2.45) is 0 Å². The summed E-state index contributed by atoms with van der Waals surface area (Å²) in [6, 6.07) is 9.34. The number of furan rings is 1. The lowest BCUT2D eigenvalue weighted by Crippen LogP contribution is -2.08. The van der Waals surface area contributed by atoms with Crippen molar-refractivity contribution in [2.45, 2.75) is 26.2 Å². The van der Waals surface area contributed by atoms with Crippen LogP contribution in [0.25, 0.3) is 0 Å². The molecule has 0 atom stereocenters. The third-order valence-corrected chi connectivity index (χ3v) is 3.00. The number of hydrogen-bond donors (Lipinski definition) is 0. The highest BCUT2D eigenvalue weighted by Crippen LogP contribution is 2.15. The molecule has 0 unspecified atom stereocenters. The standard InChI is InChI=1S/C17H18O5/c1-2-3-4-11-21-16(18)13-7-9-14(10-8-13)22-17(19)15-6-5-12-20-15/h5-10,12H,2-4,11H2,1H3. The van der Waals surface area contributed by atoms with E-state index in [1.54, 1.807) is 30.3 Å². The van der Waals surface area contributed by atoms with E-state index in [0.717, 1.165) is 19.3 Å². The minimum absolute atomic E-state index is 0.124. The first-order valence-electron chi connectivity index (χ1n) is 7.23. The van der Waals surface area contributed by atoms with Crippen LogP contribution < -0.4 is 4.74 Å². The summed E-state index contributed by atoms with van der Waals surface area (Å²) in [6.07, 6.45) is 4.37. The number of ether oxygens (including phenoxy) is 2. The minimum atomic E-state index is -0.583. The van der Waals surface area contributed by atoms with Gasteiger partial charge in [-0.2, -0.15) is 0 Å². The molecule has 22 heavy (non-hydrogen) atoms. The van der Waals surface area contributed by atoms with Gasteiger partial charge >= 0.3 is 11.9 Å². The summed E-state index contributed by atoms with van der Waals surface area (Å²) in [4.78, 5) is 23.5. The highest BCUT2D eigenvalue weighted by molar-refractivity contribution is 5.90. The van der Waals surface area contributed by atoms with Crippen LogP contribution in [0.4, 0.5) is 0 Å². The van der Waals surface area contributed by atoms with E-state index in [1.807, 2.05) is 0 Å². The maximum atomic E-state index is 11.8. The van der Waals surface area contributed by atoms with E-state index in [-0.39, 0.29) is 11.7 Å². The zero-order valence-corrected chi connectivity index (χ0v) is 12.4. The fraction of sp³-hybridized carbons (Fsp3) is 0.294. The maximum Gasteiger partial charge on any atom is 0.379 e. The van der Waals surface area contributed by atoms with Crippen LogP contribution in [0.1, 0.15) is 47.1 Å². The van der Waals surface area contributed by atoms with Gasteiger partial charge in [0.05, 0.1) is 18.4 Å². The van der Waals surface area contributed by atoms with Gasteiger partial charge < -0.3 is 13.9 Å². The Labute approximate surface area is 128 Å². The largest absolute Gasteiger partial charge is 0.462 e. The number of hydrogen-bond acceptors (Lipinski definition) is 5. The molecule has 5 heteroatoms. The molecular formula is C17H18O5. The van der Waals surface area contributed by atoms with Crippen LogP contribution in [0.5, 0.6) is 5.75 Å². The molecule has 0 saturated carbocycles. The molecule has 5 nitrogen and oxygen atoms in total. The van der Waals surface area contributed by atoms with E-state index in [1.165, 1.54) is 12.3 Å². The number of esters is 2. The van der Waals surface area contributed by atoms with E-state index in [9.17, 15) is 9.59 Å². The van der Waals surface area contributed by atoms with Gasteiger partial charge in [0.1, 0.15) is 5.75 Å². The van der Waals surface area contributed by atoms with Crippen molar-refractivity contribution in [2.75, 3.05) is 6.61 Å². The lowest BCUT2D eigenvalue weighted by atomic mass is 10.2. The monoisotopic (exact) mass is 302 g/mol. The van der Waals surface area contributed by atoms with Crippen molar-refractivity contribution in [3.05, 3.63) is 54.0 Å². The molecule has 0 aliphatic carbocycles. The van der Waals surface area contributed by atoms with Gasteiger partial charge in [0.2, 0.25) is 5.76 Å². The van der Waals surface area contributed by atoms with Gasteiger partial charge in [0.15, 0.2) is 0 Å². The SMILES string of the molecule is CCCCCOC(=O)c1ccc(OC(=O)c2ccco2)cc1. The number of carbonyl (C=O) groups is 2. The first kappa shape index (κ1) is 15.8. The third kappa shape index (κ3) is 4.48. The summed E-state index contributed by atoms with van der Waals surface area (Å²) in [5.41, 5.74) is 0.425. The van der Waals surface area contributed by atoms with Crippen molar-refractivity contribution >= 4 is 11.9 Å². The van der Waals surface area contributed by atoms with Crippen molar-refractivity contribution in [3.63, 3.8) is 0 Å². The second kappa shape index (κ2) is 8.02. The van der Waals surface area contributed by atoms with Gasteiger partial charge in [0.25, 0.3) is 0 Å². The zero-order valence-electron chi connectivity index (χ0n) is 12.4. The molecule has 2 aromatic rings. The molecule has 116 valence electrons. The summed E-state index contributed by atoms with van der Waals surface area (Å²) in [7, 11) is 0. The normalized spacial score (nSPS) is 10.2. The summed E-state index contributed by atoms with van der Waals surface area (Å²) in [6.45, 7) is 2.51. The topological polar surface area (TPSA) is 65.7 Å². The van der Waals surface area contributed by atoms with Gasteiger partial charge in [-0.1, -0.05) is 19.8 Å². The number of unbranched alkanes of at least 4 members (excludes halogenated alkanes) is 2. The van der Waals surface area contributed by atoms with E-state index in [4.69, 9.17) is 13.9 Å². The van der Waals surface area contributed by atoms with Gasteiger partial charge in [0, 0.05) is 0 Å². The smallest absolute Gasteiger partial charge is 0.379 e. The molecule has 0 bridgehead atoms. The Morgan fingerprint density at radius 1 is 1.05 bits per heavy atom. The third-order valence-electron chi connectivity index (χ3n) is 3.00. The molecule has 1 aromatic carbocycles. The molecule has 0 radical (unpaired) electrons. The molecule has 0 spiro atoms. The highest BCUT2D eigenvalue weighted by atomic mass is 16.5. The Balaban J connectivity index is 1.87. The van der Waals surface area contributed by atoms with Crippen LogP contribution in [0.15, 0.2) is 47.1 Å². The second-order valence-corrected chi connectivity index (χ2v) is 4.73. The van der Waals surface area contributed by atoms with Gasteiger partial charge in [-0.25, -0.2) is 9.59 Å². The Kier molecular flexibility index (Phi) is 5.77. The quantitative estimate of drug-likeness (QED) is 0.441. The summed E-state index contributed by atoms with van der Waals surface area (Å²) >= 11 is 0. The Morgan fingerprint density at radius 2 is 1.82 bits per heavy atom. The van der Waals surface area contributed by atoms with E-state index in [2.05, 4.69) is 6.92 Å². The zero-order chi connectivity index (χ0) is 15.8. The van der Waals surface area contributed by atoms with Gasteiger partial charge in [-0.15, -0.1) is 0 Å². The molecule has 2 rings (SSSR count). The number of carbonyl (C=O) groups excluding carboxylic acids is 2. The first-order valence-corrected chi connectivity index (χ1v) is 7.23. The van der Waals surface area contributed by atoms with Crippen molar-refractivity contribution in [1.82, 2.24) is 0 Å². The Bertz CT molecular complexity index is 598. The Morgan fingerprint density at radius 3 is 2.45 bits per heavy atom. The molecular weight excluding hydrogens is 284 g/mol. The highest BCUT2D eigenvalue weighted by Gasteiger charge is 2.12. The van der Waals surface area contributed by atoms with Gasteiger partial charge in [-0.05, 0) is 42.8 Å². The molecule has 0 aliphatic heterocycles. The molecule has 1 aromatic heterocycles. The van der Waals surface area contributed by atoms with Crippen LogP contribution in [-0.2, 0) is 4.74 Å². The minimum Gasteiger partial charge on any atom is -0.462 e. The predicted octanol–water partition coefficient (Wildman–Crippen LogP) is 3.85. The first-order chi connectivity index (χ1) is 10.7. The lowest BCUT2D eigenvalue weighted by Gasteiger charge is -2.06. The van der Waals surface area contributed by atoms with Crippen LogP contribution >= 0.6 is 0 Å². The van der Waals surface area contributed by atoms with Crippen molar-refractivity contribution in [1.29, 1.82) is 0 Å². The van der Waals surface area contributed by atoms with Crippen molar-refractivity contribution in [3.8, 4) is 5.75 Å². The van der Waals surface area contributed by atoms with Gasteiger partial charge in [-0.3, -0.25) is 0 Å². The van der Waals surface area contributed by atoms with E-state index in [0.29, 0.717) is 17.9 Å². The number of rotatable bonds is 7. The molecule has 0 fully saturated rings. The van der Waals surface area contributed by atoms with Crippen LogP contribution in [0.2, 0.25) is 0 Å². The predicted molar refractivity (Wildman–Crippen MR) is 79.9 cm³/mol. The molecule has 0 amide bonds. The van der Waals surface area contributed by atoms with Crippen molar-refractivity contribution < 1.29 is 23.5 Å². The van der Waals surface area contributed by atoms with Crippen LogP contribution in [0.3, 0.4) is 0 Å². The number of benzene rings is 1. The van der Waals surface area contributed by atoms with E-state index >= 15 is 0 Å². The fourth-order valence-corrected chi connectivity index (χ4v) is 1.81. The average molecular weight is 302 g/mol. The molecule has 0 N–H and O–H groups in total. The summed E-state index contributed by atoms with van der Waals surface area (Å²) in [5, 5.41) is 0. The molecule has 1 heterocycles. The molecule has 0 aliphatic rings. The lowest BCUT2D eigenvalue weighted by molar-refractivity contribution is 0.0498. The average Bonchev–Trinajstić information content (AvgIpc) is 3.06. The molecule has 0 saturated heterocycles. The van der Waals surface area contributed by atoms with Crippen LogP contribution in [0, 0.1) is 0 Å². The Hall–Kier alpha value is -2.56. The van der Waals surface area contributed by atoms with E-state index < -0.39 is 5.97 Å². The maximum absolute atomic E-state index is 11.8. The summed E-state index contributed by atoms with van der Waals surface area (Å²) in [5.74, 6) is -0.497. The van der Waals surface area contributed by atoms with Crippen LogP contribution in [-0.4, -0.2) is 18.5 Å².